The molecule has 2 unspecified atom stereocenters. The van der Waals surface area contributed by atoms with Gasteiger partial charge >= 0.3 is 0 Å². The maximum absolute atomic E-state index is 4.23. The van der Waals surface area contributed by atoms with E-state index < -0.39 is 0 Å². The van der Waals surface area contributed by atoms with Crippen LogP contribution in [0.15, 0.2) is 6.20 Å². The van der Waals surface area contributed by atoms with E-state index in [1.54, 1.807) is 0 Å². The SMILES string of the molecule is CC1CCCCC1CNCc1cn(C(C)(C)C)nn1. The third-order valence-electron chi connectivity index (χ3n) is 4.23. The van der Waals surface area contributed by atoms with Gasteiger partial charge in [0.1, 0.15) is 0 Å². The van der Waals surface area contributed by atoms with Crippen molar-refractivity contribution >= 4 is 0 Å². The molecule has 1 N–H and O–H groups in total. The van der Waals surface area contributed by atoms with Gasteiger partial charge in [-0.1, -0.05) is 31.4 Å². The lowest BCUT2D eigenvalue weighted by atomic mass is 9.80. The fourth-order valence-electron chi connectivity index (χ4n) is 2.79. The number of aromatic nitrogens is 3. The van der Waals surface area contributed by atoms with E-state index in [1.807, 2.05) is 4.68 Å². The summed E-state index contributed by atoms with van der Waals surface area (Å²) in [6.07, 6.45) is 7.64. The number of hydrogen-bond donors (Lipinski definition) is 1. The van der Waals surface area contributed by atoms with Crippen LogP contribution in [-0.2, 0) is 12.1 Å². The fourth-order valence-corrected chi connectivity index (χ4v) is 2.79. The minimum atomic E-state index is 0.0170. The summed E-state index contributed by atoms with van der Waals surface area (Å²) in [5, 5.41) is 12.0. The molecule has 0 amide bonds. The molecule has 1 saturated carbocycles. The predicted octanol–water partition coefficient (Wildman–Crippen LogP) is 2.95. The van der Waals surface area contributed by atoms with Gasteiger partial charge in [-0.3, -0.25) is 0 Å². The fraction of sp³-hybridized carbons (Fsp3) is 0.867. The van der Waals surface area contributed by atoms with Crippen LogP contribution in [0, 0.1) is 11.8 Å². The number of hydrogen-bond acceptors (Lipinski definition) is 3. The first-order valence-electron chi connectivity index (χ1n) is 7.59. The van der Waals surface area contributed by atoms with Gasteiger partial charge in [0.25, 0.3) is 0 Å². The molecule has 0 saturated heterocycles. The lowest BCUT2D eigenvalue weighted by molar-refractivity contribution is 0.247. The Kier molecular flexibility index (Phi) is 4.61. The largest absolute Gasteiger partial charge is 0.311 e. The van der Waals surface area contributed by atoms with Crippen molar-refractivity contribution < 1.29 is 0 Å². The summed E-state index contributed by atoms with van der Waals surface area (Å²) >= 11 is 0. The molecule has 1 aliphatic rings. The maximum atomic E-state index is 4.23. The van der Waals surface area contributed by atoms with E-state index in [-0.39, 0.29) is 5.54 Å². The predicted molar refractivity (Wildman–Crippen MR) is 77.8 cm³/mol. The van der Waals surface area contributed by atoms with Gasteiger partial charge in [0.2, 0.25) is 0 Å². The highest BCUT2D eigenvalue weighted by Gasteiger charge is 2.21. The van der Waals surface area contributed by atoms with Crippen molar-refractivity contribution in [2.45, 2.75) is 65.5 Å². The van der Waals surface area contributed by atoms with Gasteiger partial charge in [-0.25, -0.2) is 4.68 Å². The minimum Gasteiger partial charge on any atom is -0.311 e. The zero-order valence-electron chi connectivity index (χ0n) is 12.8. The van der Waals surface area contributed by atoms with Gasteiger partial charge in [-0.15, -0.1) is 5.10 Å². The molecule has 2 atom stereocenters. The third-order valence-corrected chi connectivity index (χ3v) is 4.23. The van der Waals surface area contributed by atoms with Gasteiger partial charge in [0.05, 0.1) is 17.4 Å². The van der Waals surface area contributed by atoms with E-state index >= 15 is 0 Å². The first kappa shape index (κ1) is 14.5. The number of nitrogens with one attached hydrogen (secondary N) is 1. The van der Waals surface area contributed by atoms with Gasteiger partial charge in [0, 0.05) is 6.54 Å². The van der Waals surface area contributed by atoms with E-state index in [4.69, 9.17) is 0 Å². The van der Waals surface area contributed by atoms with Crippen LogP contribution >= 0.6 is 0 Å². The average Bonchev–Trinajstić information content (AvgIpc) is 2.80. The Morgan fingerprint density at radius 3 is 2.68 bits per heavy atom. The summed E-state index contributed by atoms with van der Waals surface area (Å²) in [5.41, 5.74) is 1.06. The second kappa shape index (κ2) is 6.04. The van der Waals surface area contributed by atoms with Crippen LogP contribution in [0.3, 0.4) is 0 Å². The van der Waals surface area contributed by atoms with Gasteiger partial charge < -0.3 is 5.32 Å². The van der Waals surface area contributed by atoms with Crippen LogP contribution in [0.5, 0.6) is 0 Å². The van der Waals surface area contributed by atoms with Crippen LogP contribution in [0.1, 0.15) is 59.1 Å². The Labute approximate surface area is 117 Å². The summed E-state index contributed by atoms with van der Waals surface area (Å²) in [6.45, 7) is 10.8. The van der Waals surface area contributed by atoms with Gasteiger partial charge in [-0.05, 0) is 45.6 Å². The molecule has 4 nitrogen and oxygen atoms in total. The molecular weight excluding hydrogens is 236 g/mol. The third kappa shape index (κ3) is 4.03. The first-order chi connectivity index (χ1) is 8.97. The molecule has 19 heavy (non-hydrogen) atoms. The molecule has 1 aromatic heterocycles. The first-order valence-corrected chi connectivity index (χ1v) is 7.59. The second-order valence-electron chi connectivity index (χ2n) is 6.98. The van der Waals surface area contributed by atoms with Gasteiger partial charge in [-0.2, -0.15) is 0 Å². The van der Waals surface area contributed by atoms with Crippen LogP contribution in [0.25, 0.3) is 0 Å². The van der Waals surface area contributed by atoms with Crippen LogP contribution in [-0.4, -0.2) is 21.5 Å². The highest BCUT2D eigenvalue weighted by molar-refractivity contribution is 4.94. The molecule has 1 aliphatic carbocycles. The molecule has 1 heterocycles. The molecule has 0 aromatic carbocycles. The van der Waals surface area contributed by atoms with Crippen molar-refractivity contribution in [2.75, 3.05) is 6.54 Å². The van der Waals surface area contributed by atoms with E-state index in [1.165, 1.54) is 25.7 Å². The van der Waals surface area contributed by atoms with E-state index in [0.717, 1.165) is 30.6 Å². The van der Waals surface area contributed by atoms with E-state index in [9.17, 15) is 0 Å². The Balaban J connectivity index is 1.78. The molecule has 1 aromatic rings. The van der Waals surface area contributed by atoms with Crippen molar-refractivity contribution in [3.8, 4) is 0 Å². The standard InChI is InChI=1S/C15H28N4/c1-12-7-5-6-8-13(12)9-16-10-14-11-19(18-17-14)15(2,3)4/h11-13,16H,5-10H2,1-4H3. The van der Waals surface area contributed by atoms with Crippen LogP contribution < -0.4 is 5.32 Å². The molecule has 108 valence electrons. The smallest absolute Gasteiger partial charge is 0.0965 e. The van der Waals surface area contributed by atoms with Crippen molar-refractivity contribution in [3.05, 3.63) is 11.9 Å². The highest BCUT2D eigenvalue weighted by Crippen LogP contribution is 2.28. The topological polar surface area (TPSA) is 42.7 Å². The molecule has 2 rings (SSSR count). The second-order valence-corrected chi connectivity index (χ2v) is 6.98. The van der Waals surface area contributed by atoms with Crippen molar-refractivity contribution in [1.29, 1.82) is 0 Å². The summed E-state index contributed by atoms with van der Waals surface area (Å²) in [4.78, 5) is 0. The molecule has 0 bridgehead atoms. The highest BCUT2D eigenvalue weighted by atomic mass is 15.4. The Hall–Kier alpha value is -0.900. The minimum absolute atomic E-state index is 0.0170. The van der Waals surface area contributed by atoms with Crippen molar-refractivity contribution in [1.82, 2.24) is 20.3 Å². The monoisotopic (exact) mass is 264 g/mol. The molecule has 0 radical (unpaired) electrons. The zero-order valence-corrected chi connectivity index (χ0v) is 12.8. The molecule has 1 fully saturated rings. The number of rotatable bonds is 4. The number of nitrogens with zero attached hydrogens (tertiary/aromatic N) is 3. The van der Waals surface area contributed by atoms with Crippen molar-refractivity contribution in [2.24, 2.45) is 11.8 Å². The summed E-state index contributed by atoms with van der Waals surface area (Å²) in [6, 6.07) is 0. The van der Waals surface area contributed by atoms with E-state index in [2.05, 4.69) is 49.5 Å². The molecule has 0 aliphatic heterocycles. The van der Waals surface area contributed by atoms with Crippen LogP contribution in [0.4, 0.5) is 0 Å². The normalized spacial score (nSPS) is 24.6. The molecule has 0 spiro atoms. The summed E-state index contributed by atoms with van der Waals surface area (Å²) in [5.74, 6) is 1.71. The lowest BCUT2D eigenvalue weighted by Crippen LogP contribution is -2.29. The zero-order chi connectivity index (χ0) is 13.9. The van der Waals surface area contributed by atoms with Crippen molar-refractivity contribution in [3.63, 3.8) is 0 Å². The average molecular weight is 264 g/mol. The summed E-state index contributed by atoms with van der Waals surface area (Å²) in [7, 11) is 0. The molecular formula is C15H28N4. The maximum Gasteiger partial charge on any atom is 0.0965 e. The molecule has 4 heteroatoms. The Bertz CT molecular complexity index is 391. The Morgan fingerprint density at radius 1 is 1.32 bits per heavy atom. The quantitative estimate of drug-likeness (QED) is 0.909. The van der Waals surface area contributed by atoms with E-state index in [0.29, 0.717) is 0 Å². The van der Waals surface area contributed by atoms with Crippen LogP contribution in [0.2, 0.25) is 0 Å². The lowest BCUT2D eigenvalue weighted by Gasteiger charge is -2.28. The van der Waals surface area contributed by atoms with Gasteiger partial charge in [0.15, 0.2) is 0 Å². The Morgan fingerprint density at radius 2 is 2.05 bits per heavy atom. The summed E-state index contributed by atoms with van der Waals surface area (Å²) < 4.78 is 1.94.